The van der Waals surface area contributed by atoms with Crippen molar-refractivity contribution in [3.05, 3.63) is 11.6 Å². The third-order valence-electron chi connectivity index (χ3n) is 3.10. The Balaban J connectivity index is 2.57. The Morgan fingerprint density at radius 3 is 2.06 bits per heavy atom. The van der Waals surface area contributed by atoms with Crippen molar-refractivity contribution in [2.45, 2.75) is 46.7 Å². The van der Waals surface area contributed by atoms with Gasteiger partial charge < -0.3 is 0 Å². The Hall–Kier alpha value is -1.16. The molecule has 0 aliphatic carbocycles. The molecule has 1 heterocycles. The summed E-state index contributed by atoms with van der Waals surface area (Å²) >= 11 is 0. The Kier molecular flexibility index (Phi) is 4.46. The van der Waals surface area contributed by atoms with E-state index < -0.39 is 0 Å². The average Bonchev–Trinajstić information content (AvgIpc) is 2.43. The van der Waals surface area contributed by atoms with Crippen LogP contribution in [0, 0.1) is 0 Å². The molecule has 0 radical (unpaired) electrons. The summed E-state index contributed by atoms with van der Waals surface area (Å²) in [7, 11) is 0. The predicted molar refractivity (Wildman–Crippen MR) is 67.5 cm³/mol. The van der Waals surface area contributed by atoms with Crippen molar-refractivity contribution in [1.82, 2.24) is 9.80 Å². The van der Waals surface area contributed by atoms with Gasteiger partial charge in [-0.2, -0.15) is 0 Å². The van der Waals surface area contributed by atoms with E-state index in [2.05, 4.69) is 32.6 Å². The summed E-state index contributed by atoms with van der Waals surface area (Å²) in [6, 6.07) is 0.828. The topological polar surface area (TPSA) is 40.6 Å². The quantitative estimate of drug-likeness (QED) is 0.680. The highest BCUT2D eigenvalue weighted by Crippen LogP contribution is 2.12. The highest BCUT2D eigenvalue weighted by atomic mass is 16.2. The summed E-state index contributed by atoms with van der Waals surface area (Å²) in [4.78, 5) is 26.8. The summed E-state index contributed by atoms with van der Waals surface area (Å²) in [5.41, 5.74) is 0.538. The van der Waals surface area contributed by atoms with E-state index in [1.165, 1.54) is 11.0 Å². The van der Waals surface area contributed by atoms with Gasteiger partial charge in [-0.3, -0.25) is 19.4 Å². The van der Waals surface area contributed by atoms with Crippen molar-refractivity contribution >= 4 is 11.8 Å². The summed E-state index contributed by atoms with van der Waals surface area (Å²) in [5.74, 6) is -0.331. The molecule has 0 spiro atoms. The Labute approximate surface area is 103 Å². The molecule has 96 valence electrons. The summed E-state index contributed by atoms with van der Waals surface area (Å²) in [6.45, 7) is 11.4. The van der Waals surface area contributed by atoms with Crippen molar-refractivity contribution in [3.8, 4) is 0 Å². The van der Waals surface area contributed by atoms with E-state index in [-0.39, 0.29) is 11.8 Å². The first-order chi connectivity index (χ1) is 7.84. The van der Waals surface area contributed by atoms with Gasteiger partial charge in [0.15, 0.2) is 0 Å². The lowest BCUT2D eigenvalue weighted by Crippen LogP contribution is -2.44. The largest absolute Gasteiger partial charge is 0.297 e. The molecule has 0 fully saturated rings. The van der Waals surface area contributed by atoms with E-state index in [1.807, 2.05) is 0 Å². The monoisotopic (exact) mass is 238 g/mol. The van der Waals surface area contributed by atoms with Crippen LogP contribution in [-0.2, 0) is 9.59 Å². The lowest BCUT2D eigenvalue weighted by molar-refractivity contribution is -0.137. The van der Waals surface area contributed by atoms with E-state index in [0.29, 0.717) is 24.2 Å². The molecule has 0 aromatic heterocycles. The number of carbonyl (C=O) groups excluding carboxylic acids is 2. The van der Waals surface area contributed by atoms with Crippen molar-refractivity contribution in [3.63, 3.8) is 0 Å². The molecule has 1 aliphatic rings. The number of hydrogen-bond acceptors (Lipinski definition) is 3. The van der Waals surface area contributed by atoms with Crippen LogP contribution in [0.15, 0.2) is 11.6 Å². The molecule has 1 aliphatic heterocycles. The van der Waals surface area contributed by atoms with Crippen LogP contribution in [0.1, 0.15) is 34.6 Å². The third-order valence-corrected chi connectivity index (χ3v) is 3.10. The zero-order valence-electron chi connectivity index (χ0n) is 11.4. The van der Waals surface area contributed by atoms with E-state index in [1.54, 1.807) is 6.92 Å². The molecule has 2 amide bonds. The molecule has 0 saturated heterocycles. The van der Waals surface area contributed by atoms with Crippen LogP contribution in [0.3, 0.4) is 0 Å². The van der Waals surface area contributed by atoms with Crippen molar-refractivity contribution < 1.29 is 9.59 Å². The first kappa shape index (κ1) is 13.9. The van der Waals surface area contributed by atoms with Gasteiger partial charge in [-0.15, -0.1) is 0 Å². The highest BCUT2D eigenvalue weighted by Gasteiger charge is 2.28. The molecule has 17 heavy (non-hydrogen) atoms. The normalized spacial score (nSPS) is 16.7. The maximum Gasteiger partial charge on any atom is 0.256 e. The van der Waals surface area contributed by atoms with Gasteiger partial charge in [-0.1, -0.05) is 0 Å². The van der Waals surface area contributed by atoms with Gasteiger partial charge in [0.25, 0.3) is 11.8 Å². The average molecular weight is 238 g/mol. The van der Waals surface area contributed by atoms with Gasteiger partial charge >= 0.3 is 0 Å². The van der Waals surface area contributed by atoms with E-state index in [9.17, 15) is 9.59 Å². The van der Waals surface area contributed by atoms with Crippen LogP contribution in [0.25, 0.3) is 0 Å². The summed E-state index contributed by atoms with van der Waals surface area (Å²) in [6.07, 6.45) is 1.41. The van der Waals surface area contributed by atoms with Gasteiger partial charge in [-0.25, -0.2) is 0 Å². The molecular formula is C13H22N2O2. The van der Waals surface area contributed by atoms with Crippen LogP contribution in [0.5, 0.6) is 0 Å². The summed E-state index contributed by atoms with van der Waals surface area (Å²) < 4.78 is 0. The minimum atomic E-state index is -0.181. The Bertz CT molecular complexity index is 337. The molecule has 0 aromatic carbocycles. The van der Waals surface area contributed by atoms with Gasteiger partial charge in [0, 0.05) is 36.8 Å². The van der Waals surface area contributed by atoms with Gasteiger partial charge in [0.2, 0.25) is 0 Å². The fourth-order valence-corrected chi connectivity index (χ4v) is 2.18. The molecule has 4 heteroatoms. The van der Waals surface area contributed by atoms with Gasteiger partial charge in [0.1, 0.15) is 0 Å². The molecule has 0 atom stereocenters. The van der Waals surface area contributed by atoms with Crippen LogP contribution in [0.4, 0.5) is 0 Å². The molecular weight excluding hydrogens is 216 g/mol. The number of amides is 2. The van der Waals surface area contributed by atoms with Crippen LogP contribution >= 0.6 is 0 Å². The minimum absolute atomic E-state index is 0.150. The zero-order chi connectivity index (χ0) is 13.2. The van der Waals surface area contributed by atoms with Crippen molar-refractivity contribution in [2.75, 3.05) is 13.1 Å². The van der Waals surface area contributed by atoms with E-state index >= 15 is 0 Å². The molecule has 4 nitrogen and oxygen atoms in total. The number of nitrogens with zero attached hydrogens (tertiary/aromatic N) is 2. The second-order valence-electron chi connectivity index (χ2n) is 5.05. The third kappa shape index (κ3) is 3.16. The smallest absolute Gasteiger partial charge is 0.256 e. The first-order valence-corrected chi connectivity index (χ1v) is 6.14. The van der Waals surface area contributed by atoms with Crippen LogP contribution < -0.4 is 0 Å². The van der Waals surface area contributed by atoms with Gasteiger partial charge in [0.05, 0.1) is 0 Å². The maximum atomic E-state index is 11.7. The summed E-state index contributed by atoms with van der Waals surface area (Å²) in [5, 5.41) is 0. The van der Waals surface area contributed by atoms with E-state index in [0.717, 1.165) is 6.54 Å². The number of rotatable bonds is 5. The molecule has 0 unspecified atom stereocenters. The molecule has 0 saturated carbocycles. The Morgan fingerprint density at radius 2 is 1.71 bits per heavy atom. The minimum Gasteiger partial charge on any atom is -0.297 e. The zero-order valence-corrected chi connectivity index (χ0v) is 11.4. The lowest BCUT2D eigenvalue weighted by atomic mass is 10.2. The second-order valence-corrected chi connectivity index (χ2v) is 5.05. The van der Waals surface area contributed by atoms with Gasteiger partial charge in [-0.05, 0) is 34.6 Å². The van der Waals surface area contributed by atoms with Crippen LogP contribution in [0.2, 0.25) is 0 Å². The number of hydrogen-bond donors (Lipinski definition) is 0. The standard InChI is InChI=1S/C13H22N2O2/c1-9(2)14(10(3)4)6-7-15-12(16)8-11(5)13(15)17/h8-10H,6-7H2,1-5H3. The van der Waals surface area contributed by atoms with Crippen molar-refractivity contribution in [2.24, 2.45) is 0 Å². The van der Waals surface area contributed by atoms with Crippen LogP contribution in [-0.4, -0.2) is 46.8 Å². The Morgan fingerprint density at radius 1 is 1.18 bits per heavy atom. The fourth-order valence-electron chi connectivity index (χ4n) is 2.18. The molecule has 1 rings (SSSR count). The molecule has 0 aromatic rings. The number of imide groups is 1. The molecule has 0 N–H and O–H groups in total. The second kappa shape index (κ2) is 5.45. The van der Waals surface area contributed by atoms with Crippen molar-refractivity contribution in [1.29, 1.82) is 0 Å². The number of carbonyl (C=O) groups is 2. The van der Waals surface area contributed by atoms with E-state index in [4.69, 9.17) is 0 Å². The lowest BCUT2D eigenvalue weighted by Gasteiger charge is -2.31. The molecule has 0 bridgehead atoms. The fraction of sp³-hybridized carbons (Fsp3) is 0.692. The SMILES string of the molecule is CC1=CC(=O)N(CCN(C(C)C)C(C)C)C1=O. The highest BCUT2D eigenvalue weighted by molar-refractivity contribution is 6.15. The first-order valence-electron chi connectivity index (χ1n) is 6.14. The maximum absolute atomic E-state index is 11.7. The predicted octanol–water partition coefficient (Wildman–Crippen LogP) is 1.42.